The molecular weight excluding hydrogens is 468 g/mol. The lowest BCUT2D eigenvalue weighted by atomic mass is 9.95. The van der Waals surface area contributed by atoms with E-state index in [4.69, 9.17) is 9.47 Å². The lowest BCUT2D eigenvalue weighted by Crippen LogP contribution is -2.30. The lowest BCUT2D eigenvalue weighted by Gasteiger charge is -2.14. The van der Waals surface area contributed by atoms with E-state index in [0.717, 1.165) is 36.1 Å². The van der Waals surface area contributed by atoms with Gasteiger partial charge in [0.15, 0.2) is 6.10 Å². The van der Waals surface area contributed by atoms with Crippen molar-refractivity contribution in [3.8, 4) is 0 Å². The van der Waals surface area contributed by atoms with Gasteiger partial charge in [-0.1, -0.05) is 6.07 Å². The van der Waals surface area contributed by atoms with Crippen LogP contribution < -0.4 is 10.0 Å². The molecule has 33 heavy (non-hydrogen) atoms. The second-order valence-electron chi connectivity index (χ2n) is 7.41. The summed E-state index contributed by atoms with van der Waals surface area (Å²) in [6.07, 6.45) is 2.36. The number of aryl methyl sites for hydroxylation is 1. The second kappa shape index (κ2) is 10.4. The van der Waals surface area contributed by atoms with Crippen molar-refractivity contribution in [2.24, 2.45) is 0 Å². The van der Waals surface area contributed by atoms with Crippen LogP contribution in [0.15, 0.2) is 29.2 Å². The quantitative estimate of drug-likeness (QED) is 0.540. The van der Waals surface area contributed by atoms with E-state index in [2.05, 4.69) is 10.0 Å². The molecule has 178 valence electrons. The molecule has 1 heterocycles. The average molecular weight is 495 g/mol. The van der Waals surface area contributed by atoms with Gasteiger partial charge in [-0.2, -0.15) is 0 Å². The van der Waals surface area contributed by atoms with E-state index in [1.54, 1.807) is 6.92 Å². The van der Waals surface area contributed by atoms with Gasteiger partial charge in [-0.25, -0.2) is 22.7 Å². The van der Waals surface area contributed by atoms with Crippen molar-refractivity contribution in [3.05, 3.63) is 45.8 Å². The highest BCUT2D eigenvalue weighted by Crippen LogP contribution is 2.38. The molecule has 0 bridgehead atoms. The maximum absolute atomic E-state index is 12.8. The Morgan fingerprint density at radius 1 is 1.15 bits per heavy atom. The monoisotopic (exact) mass is 494 g/mol. The van der Waals surface area contributed by atoms with Gasteiger partial charge in [0.05, 0.1) is 22.6 Å². The number of carbonyl (C=O) groups is 3. The van der Waals surface area contributed by atoms with Gasteiger partial charge < -0.3 is 14.8 Å². The Bertz CT molecular complexity index is 1170. The number of esters is 2. The van der Waals surface area contributed by atoms with Crippen LogP contribution in [0.1, 0.15) is 57.8 Å². The van der Waals surface area contributed by atoms with E-state index >= 15 is 0 Å². The highest BCUT2D eigenvalue weighted by molar-refractivity contribution is 7.89. The first-order valence-corrected chi connectivity index (χ1v) is 12.8. The van der Waals surface area contributed by atoms with Crippen molar-refractivity contribution in [2.75, 3.05) is 19.0 Å². The number of sulfonamides is 1. The Kier molecular flexibility index (Phi) is 7.88. The first-order valence-electron chi connectivity index (χ1n) is 10.5. The summed E-state index contributed by atoms with van der Waals surface area (Å²) in [5.41, 5.74) is 1.27. The smallest absolute Gasteiger partial charge is 0.341 e. The molecule has 0 fully saturated rings. The van der Waals surface area contributed by atoms with E-state index in [9.17, 15) is 22.8 Å². The molecule has 2 N–H and O–H groups in total. The molecule has 1 aromatic carbocycles. The largest absolute Gasteiger partial charge is 0.462 e. The van der Waals surface area contributed by atoms with E-state index in [1.807, 2.05) is 0 Å². The molecule has 1 aliphatic carbocycles. The van der Waals surface area contributed by atoms with Crippen molar-refractivity contribution in [1.82, 2.24) is 4.72 Å². The number of anilines is 1. The van der Waals surface area contributed by atoms with E-state index in [-0.39, 0.29) is 17.1 Å². The van der Waals surface area contributed by atoms with E-state index in [0.29, 0.717) is 10.6 Å². The zero-order valence-corrected chi connectivity index (χ0v) is 20.2. The Balaban J connectivity index is 1.75. The van der Waals surface area contributed by atoms with Crippen molar-refractivity contribution < 1.29 is 32.3 Å². The van der Waals surface area contributed by atoms with Crippen LogP contribution in [-0.2, 0) is 37.1 Å². The van der Waals surface area contributed by atoms with Crippen molar-refractivity contribution in [3.63, 3.8) is 0 Å². The first-order chi connectivity index (χ1) is 15.7. The number of hydrogen-bond acceptors (Lipinski definition) is 8. The molecule has 0 saturated carbocycles. The van der Waals surface area contributed by atoms with Gasteiger partial charge in [-0.15, -0.1) is 11.3 Å². The van der Waals surface area contributed by atoms with Crippen molar-refractivity contribution in [1.29, 1.82) is 0 Å². The molecule has 0 aliphatic heterocycles. The number of carbonyl (C=O) groups excluding carboxylic acids is 3. The van der Waals surface area contributed by atoms with Gasteiger partial charge in [0.2, 0.25) is 10.0 Å². The van der Waals surface area contributed by atoms with Gasteiger partial charge in [0, 0.05) is 4.88 Å². The predicted molar refractivity (Wildman–Crippen MR) is 123 cm³/mol. The fourth-order valence-electron chi connectivity index (χ4n) is 3.48. The molecule has 0 radical (unpaired) electrons. The van der Waals surface area contributed by atoms with E-state index < -0.39 is 34.0 Å². The van der Waals surface area contributed by atoms with Crippen LogP contribution >= 0.6 is 11.3 Å². The number of nitrogens with one attached hydrogen (secondary N) is 2. The topological polar surface area (TPSA) is 128 Å². The van der Waals surface area contributed by atoms with Crippen LogP contribution in [0, 0.1) is 0 Å². The number of ether oxygens (including phenoxy) is 2. The normalized spacial score (nSPS) is 14.2. The molecule has 1 aromatic heterocycles. The summed E-state index contributed by atoms with van der Waals surface area (Å²) in [5, 5.41) is 3.09. The van der Waals surface area contributed by atoms with Gasteiger partial charge in [-0.3, -0.25) is 4.79 Å². The minimum Gasteiger partial charge on any atom is -0.462 e. The van der Waals surface area contributed by atoms with Crippen molar-refractivity contribution >= 4 is 44.2 Å². The number of thiophene rings is 1. The van der Waals surface area contributed by atoms with Gasteiger partial charge >= 0.3 is 11.9 Å². The molecular formula is C22H26N2O7S2. The van der Waals surface area contributed by atoms with Crippen molar-refractivity contribution in [2.45, 2.75) is 50.5 Å². The molecule has 9 nitrogen and oxygen atoms in total. The molecule has 1 atom stereocenters. The number of benzene rings is 1. The lowest BCUT2D eigenvalue weighted by molar-refractivity contribution is -0.123. The van der Waals surface area contributed by atoms with Gasteiger partial charge in [-0.05, 0) is 70.3 Å². The SMILES string of the molecule is CCOC(=O)c1c(NC(=O)C(C)OC(=O)c2cccc(S(=O)(=O)NC)c2)sc2c1CCCC2. The standard InChI is InChI=1S/C22H26N2O7S2/c1-4-30-22(27)18-16-10-5-6-11-17(16)32-20(18)24-19(25)13(2)31-21(26)14-8-7-9-15(12-14)33(28,29)23-3/h7-9,12-13,23H,4-6,10-11H2,1-3H3,(H,24,25). The fraction of sp³-hybridized carbons (Fsp3) is 0.409. The van der Waals surface area contributed by atoms with Crippen LogP contribution in [0.25, 0.3) is 0 Å². The fourth-order valence-corrected chi connectivity index (χ4v) is 5.53. The minimum atomic E-state index is -3.74. The Hall–Kier alpha value is -2.76. The highest BCUT2D eigenvalue weighted by Gasteiger charge is 2.29. The molecule has 1 unspecified atom stereocenters. The Morgan fingerprint density at radius 3 is 2.58 bits per heavy atom. The first kappa shape index (κ1) is 24.9. The summed E-state index contributed by atoms with van der Waals surface area (Å²) in [4.78, 5) is 38.8. The number of fused-ring (bicyclic) bond motifs is 1. The number of rotatable bonds is 8. The summed E-state index contributed by atoms with van der Waals surface area (Å²) < 4.78 is 36.5. The Labute approximate surface area is 196 Å². The summed E-state index contributed by atoms with van der Waals surface area (Å²) in [6.45, 7) is 3.33. The number of amides is 1. The van der Waals surface area contributed by atoms with Crippen LogP contribution in [0.4, 0.5) is 5.00 Å². The minimum absolute atomic E-state index is 0.00947. The molecule has 2 aromatic rings. The zero-order valence-electron chi connectivity index (χ0n) is 18.6. The van der Waals surface area contributed by atoms with Crippen LogP contribution in [0.5, 0.6) is 0 Å². The molecule has 11 heteroatoms. The molecule has 1 aliphatic rings. The maximum Gasteiger partial charge on any atom is 0.341 e. The molecule has 0 saturated heterocycles. The third-order valence-corrected chi connectivity index (χ3v) is 7.81. The van der Waals surface area contributed by atoms with Crippen LogP contribution in [0.3, 0.4) is 0 Å². The average Bonchev–Trinajstić information content (AvgIpc) is 3.17. The van der Waals surface area contributed by atoms with Gasteiger partial charge in [0.25, 0.3) is 5.91 Å². The molecule has 0 spiro atoms. The molecule has 3 rings (SSSR count). The highest BCUT2D eigenvalue weighted by atomic mass is 32.2. The predicted octanol–water partition coefficient (Wildman–Crippen LogP) is 2.90. The van der Waals surface area contributed by atoms with Gasteiger partial charge in [0.1, 0.15) is 5.00 Å². The summed E-state index contributed by atoms with van der Waals surface area (Å²) >= 11 is 1.34. The third-order valence-electron chi connectivity index (χ3n) is 5.19. The van der Waals surface area contributed by atoms with Crippen LogP contribution in [-0.4, -0.2) is 46.0 Å². The second-order valence-corrected chi connectivity index (χ2v) is 10.4. The zero-order chi connectivity index (χ0) is 24.2. The van der Waals surface area contributed by atoms with Crippen LogP contribution in [0.2, 0.25) is 0 Å². The third kappa shape index (κ3) is 5.60. The summed E-state index contributed by atoms with van der Waals surface area (Å²) in [5.74, 6) is -1.94. The number of hydrogen-bond donors (Lipinski definition) is 2. The summed E-state index contributed by atoms with van der Waals surface area (Å²) in [6, 6.07) is 5.32. The van der Waals surface area contributed by atoms with E-state index in [1.165, 1.54) is 49.6 Å². The maximum atomic E-state index is 12.8. The Morgan fingerprint density at radius 2 is 1.88 bits per heavy atom. The summed E-state index contributed by atoms with van der Waals surface area (Å²) in [7, 11) is -2.48. The molecule has 1 amide bonds.